The molecule has 21 heavy (non-hydrogen) atoms. The van der Waals surface area contributed by atoms with E-state index in [0.29, 0.717) is 21.8 Å². The number of halogens is 1. The largest absolute Gasteiger partial charge is 0.376 e. The van der Waals surface area contributed by atoms with E-state index < -0.39 is 0 Å². The molecule has 0 spiro atoms. The summed E-state index contributed by atoms with van der Waals surface area (Å²) in [7, 11) is 3.76. The van der Waals surface area contributed by atoms with Crippen molar-refractivity contribution < 1.29 is 9.59 Å². The van der Waals surface area contributed by atoms with Crippen LogP contribution in [0.25, 0.3) is 0 Å². The van der Waals surface area contributed by atoms with Gasteiger partial charge < -0.3 is 4.90 Å². The second kappa shape index (κ2) is 4.90. The molecule has 2 aromatic rings. The quantitative estimate of drug-likeness (QED) is 0.800. The Balaban J connectivity index is 2.05. The minimum absolute atomic E-state index is 0.315. The average molecular weight is 301 g/mol. The number of fused-ring (bicyclic) bond motifs is 1. The topological polar surface area (TPSA) is 40.6 Å². The summed E-state index contributed by atoms with van der Waals surface area (Å²) in [6, 6.07) is 12.0. The molecule has 0 atom stereocenters. The van der Waals surface area contributed by atoms with Crippen LogP contribution in [-0.2, 0) is 0 Å². The lowest BCUT2D eigenvalue weighted by molar-refractivity contribution is 0.0926. The normalized spacial score (nSPS) is 13.6. The van der Waals surface area contributed by atoms with E-state index in [1.54, 1.807) is 42.5 Å². The average Bonchev–Trinajstić information content (AvgIpc) is 2.71. The monoisotopic (exact) mass is 300 g/mol. The molecule has 0 aliphatic carbocycles. The van der Waals surface area contributed by atoms with Crippen molar-refractivity contribution in [2.75, 3.05) is 23.9 Å². The third-order valence-corrected chi connectivity index (χ3v) is 3.77. The Hall–Kier alpha value is -2.33. The zero-order valence-corrected chi connectivity index (χ0v) is 12.4. The first-order chi connectivity index (χ1) is 10.0. The molecule has 0 N–H and O–H groups in total. The van der Waals surface area contributed by atoms with Gasteiger partial charge in [-0.15, -0.1) is 0 Å². The molecule has 0 saturated heterocycles. The number of rotatable bonds is 2. The van der Waals surface area contributed by atoms with Gasteiger partial charge in [-0.05, 0) is 30.3 Å². The van der Waals surface area contributed by atoms with Crippen LogP contribution in [0.5, 0.6) is 0 Å². The lowest BCUT2D eigenvalue weighted by Crippen LogP contribution is -2.29. The van der Waals surface area contributed by atoms with Crippen LogP contribution in [0.3, 0.4) is 0 Å². The first-order valence-corrected chi connectivity index (χ1v) is 6.83. The van der Waals surface area contributed by atoms with E-state index in [-0.39, 0.29) is 11.8 Å². The smallest absolute Gasteiger partial charge is 0.266 e. The predicted molar refractivity (Wildman–Crippen MR) is 83.4 cm³/mol. The van der Waals surface area contributed by atoms with Crippen molar-refractivity contribution in [2.24, 2.45) is 0 Å². The lowest BCUT2D eigenvalue weighted by atomic mass is 10.1. The number of imide groups is 1. The number of hydrogen-bond acceptors (Lipinski definition) is 3. The van der Waals surface area contributed by atoms with E-state index in [4.69, 9.17) is 11.6 Å². The Morgan fingerprint density at radius 3 is 2.00 bits per heavy atom. The highest BCUT2D eigenvalue weighted by molar-refractivity contribution is 6.36. The molecule has 0 saturated carbocycles. The van der Waals surface area contributed by atoms with Crippen molar-refractivity contribution in [3.63, 3.8) is 0 Å². The summed E-state index contributed by atoms with van der Waals surface area (Å²) in [6.07, 6.45) is 0. The van der Waals surface area contributed by atoms with Crippen molar-refractivity contribution in [1.29, 1.82) is 0 Å². The molecule has 2 aromatic carbocycles. The summed E-state index contributed by atoms with van der Waals surface area (Å²) in [5, 5.41) is 0.494. The van der Waals surface area contributed by atoms with Crippen molar-refractivity contribution in [3.8, 4) is 0 Å². The minimum Gasteiger partial charge on any atom is -0.376 e. The van der Waals surface area contributed by atoms with Gasteiger partial charge in [-0.1, -0.05) is 23.7 Å². The molecule has 1 heterocycles. The highest BCUT2D eigenvalue weighted by atomic mass is 35.5. The van der Waals surface area contributed by atoms with E-state index in [2.05, 4.69) is 0 Å². The molecule has 5 heteroatoms. The van der Waals surface area contributed by atoms with Crippen LogP contribution in [0.15, 0.2) is 42.5 Å². The van der Waals surface area contributed by atoms with Crippen molar-refractivity contribution in [2.45, 2.75) is 0 Å². The van der Waals surface area contributed by atoms with E-state index in [1.807, 2.05) is 19.0 Å². The van der Waals surface area contributed by atoms with Crippen molar-refractivity contribution in [1.82, 2.24) is 0 Å². The third-order valence-electron chi connectivity index (χ3n) is 3.47. The van der Waals surface area contributed by atoms with Gasteiger partial charge >= 0.3 is 0 Å². The van der Waals surface area contributed by atoms with Crippen LogP contribution in [0, 0.1) is 0 Å². The van der Waals surface area contributed by atoms with Crippen molar-refractivity contribution >= 4 is 34.8 Å². The Kier molecular flexibility index (Phi) is 3.18. The number of benzene rings is 2. The number of nitrogens with zero attached hydrogens (tertiary/aromatic N) is 2. The Bertz CT molecular complexity index is 721. The fraction of sp³-hybridized carbons (Fsp3) is 0.125. The lowest BCUT2D eigenvalue weighted by Gasteiger charge is -2.18. The molecule has 0 fully saturated rings. The van der Waals surface area contributed by atoms with Gasteiger partial charge in [-0.2, -0.15) is 0 Å². The van der Waals surface area contributed by atoms with Crippen LogP contribution in [0.2, 0.25) is 5.02 Å². The van der Waals surface area contributed by atoms with Crippen LogP contribution in [0.4, 0.5) is 11.4 Å². The number of anilines is 2. The summed E-state index contributed by atoms with van der Waals surface area (Å²) < 4.78 is 0. The summed E-state index contributed by atoms with van der Waals surface area (Å²) in [5.41, 5.74) is 2.17. The van der Waals surface area contributed by atoms with Gasteiger partial charge in [-0.25, -0.2) is 4.90 Å². The number of carbonyl (C=O) groups excluding carboxylic acids is 2. The number of hydrogen-bond donors (Lipinski definition) is 0. The molecule has 1 aliphatic heterocycles. The Labute approximate surface area is 127 Å². The van der Waals surface area contributed by atoms with Gasteiger partial charge in [-0.3, -0.25) is 9.59 Å². The van der Waals surface area contributed by atoms with Crippen LogP contribution >= 0.6 is 11.6 Å². The Morgan fingerprint density at radius 1 is 0.952 bits per heavy atom. The van der Waals surface area contributed by atoms with E-state index >= 15 is 0 Å². The maximum Gasteiger partial charge on any atom is 0.266 e. The summed E-state index contributed by atoms with van der Waals surface area (Å²) >= 11 is 6.22. The molecule has 0 unspecified atom stereocenters. The molecule has 2 amide bonds. The zero-order valence-electron chi connectivity index (χ0n) is 11.6. The van der Waals surface area contributed by atoms with Gasteiger partial charge in [0.2, 0.25) is 0 Å². The molecule has 3 rings (SSSR count). The van der Waals surface area contributed by atoms with Gasteiger partial charge in [0.15, 0.2) is 0 Å². The molecule has 106 valence electrons. The fourth-order valence-corrected chi connectivity index (χ4v) is 2.77. The highest BCUT2D eigenvalue weighted by Gasteiger charge is 2.36. The summed E-state index contributed by atoms with van der Waals surface area (Å²) in [6.45, 7) is 0. The molecule has 0 bridgehead atoms. The molecule has 0 radical (unpaired) electrons. The predicted octanol–water partition coefficient (Wildman–Crippen LogP) is 3.21. The van der Waals surface area contributed by atoms with Crippen LogP contribution < -0.4 is 9.80 Å². The molecule has 1 aliphatic rings. The highest BCUT2D eigenvalue weighted by Crippen LogP contribution is 2.33. The van der Waals surface area contributed by atoms with Gasteiger partial charge in [0.25, 0.3) is 11.8 Å². The Morgan fingerprint density at radius 2 is 1.52 bits per heavy atom. The standard InChI is InChI=1S/C16H13ClN2O2/c1-18(2)14-8-7-10(9-13(14)17)19-15(20)11-5-3-4-6-12(11)16(19)21/h3-9H,1-2H3. The zero-order chi connectivity index (χ0) is 15.1. The summed E-state index contributed by atoms with van der Waals surface area (Å²) in [4.78, 5) is 27.8. The fourth-order valence-electron chi connectivity index (χ4n) is 2.42. The maximum atomic E-state index is 12.4. The molecule has 0 aromatic heterocycles. The van der Waals surface area contributed by atoms with Gasteiger partial charge in [0.1, 0.15) is 0 Å². The van der Waals surface area contributed by atoms with E-state index in [0.717, 1.165) is 10.6 Å². The molecular formula is C16H13ClN2O2. The maximum absolute atomic E-state index is 12.4. The first-order valence-electron chi connectivity index (χ1n) is 6.45. The van der Waals surface area contributed by atoms with E-state index in [9.17, 15) is 9.59 Å². The van der Waals surface area contributed by atoms with Crippen molar-refractivity contribution in [3.05, 3.63) is 58.6 Å². The van der Waals surface area contributed by atoms with Crippen LogP contribution in [-0.4, -0.2) is 25.9 Å². The molecule has 4 nitrogen and oxygen atoms in total. The number of amides is 2. The minimum atomic E-state index is -0.315. The van der Waals surface area contributed by atoms with E-state index in [1.165, 1.54) is 0 Å². The van der Waals surface area contributed by atoms with Gasteiger partial charge in [0, 0.05) is 14.1 Å². The third kappa shape index (κ3) is 2.08. The summed E-state index contributed by atoms with van der Waals surface area (Å²) in [5.74, 6) is -0.631. The second-order valence-electron chi connectivity index (χ2n) is 5.02. The second-order valence-corrected chi connectivity index (χ2v) is 5.43. The first kappa shape index (κ1) is 13.6. The van der Waals surface area contributed by atoms with Gasteiger partial charge in [0.05, 0.1) is 27.5 Å². The molecular weight excluding hydrogens is 288 g/mol. The van der Waals surface area contributed by atoms with Crippen LogP contribution in [0.1, 0.15) is 20.7 Å². The number of carbonyl (C=O) groups is 2. The SMILES string of the molecule is CN(C)c1ccc(N2C(=O)c3ccccc3C2=O)cc1Cl.